The Labute approximate surface area is 143 Å². The van der Waals surface area contributed by atoms with Gasteiger partial charge in [-0.2, -0.15) is 0 Å². The van der Waals surface area contributed by atoms with E-state index in [0.717, 1.165) is 5.39 Å². The maximum Gasteiger partial charge on any atom is 0.341 e. The largest absolute Gasteiger partial charge is 0.481 e. The molecule has 0 atom stereocenters. The van der Waals surface area contributed by atoms with E-state index in [1.54, 1.807) is 32.0 Å². The molecule has 25 heavy (non-hydrogen) atoms. The second kappa shape index (κ2) is 6.64. The lowest BCUT2D eigenvalue weighted by Gasteiger charge is -2.12. The van der Waals surface area contributed by atoms with Crippen molar-refractivity contribution >= 4 is 28.3 Å². The maximum absolute atomic E-state index is 12.5. The van der Waals surface area contributed by atoms with E-state index in [9.17, 15) is 9.59 Å². The number of carbonyl (C=O) groups is 2. The number of nitrogens with one attached hydrogen (secondary N) is 1. The van der Waals surface area contributed by atoms with Crippen LogP contribution in [0.5, 0.6) is 5.75 Å². The van der Waals surface area contributed by atoms with E-state index in [1.807, 2.05) is 18.2 Å². The number of fused-ring (bicyclic) bond motifs is 1. The molecule has 0 fully saturated rings. The molecule has 7 heteroatoms. The molecule has 3 aromatic rings. The van der Waals surface area contributed by atoms with Crippen molar-refractivity contribution in [2.24, 2.45) is 0 Å². The molecule has 0 saturated carbocycles. The van der Waals surface area contributed by atoms with Crippen LogP contribution in [0.4, 0.5) is 5.69 Å². The van der Waals surface area contributed by atoms with E-state index in [4.69, 9.17) is 14.4 Å². The van der Waals surface area contributed by atoms with Gasteiger partial charge in [0, 0.05) is 16.5 Å². The topological polar surface area (TPSA) is 102 Å². The van der Waals surface area contributed by atoms with Crippen molar-refractivity contribution in [1.29, 1.82) is 0 Å². The Balaban J connectivity index is 1.96. The Hall–Kier alpha value is -3.35. The van der Waals surface area contributed by atoms with Gasteiger partial charge in [0.25, 0.3) is 5.91 Å². The van der Waals surface area contributed by atoms with Gasteiger partial charge in [0.05, 0.1) is 5.69 Å². The zero-order chi connectivity index (χ0) is 18.0. The summed E-state index contributed by atoms with van der Waals surface area (Å²) < 4.78 is 10.3. The van der Waals surface area contributed by atoms with Gasteiger partial charge < -0.3 is 19.7 Å². The number of amides is 1. The van der Waals surface area contributed by atoms with E-state index in [0.29, 0.717) is 33.8 Å². The van der Waals surface area contributed by atoms with Crippen molar-refractivity contribution < 1.29 is 24.0 Å². The Bertz CT molecular complexity index is 942. The summed E-state index contributed by atoms with van der Waals surface area (Å²) in [6.07, 6.45) is 0. The van der Waals surface area contributed by atoms with Crippen molar-refractivity contribution in [2.75, 3.05) is 11.9 Å². The minimum atomic E-state index is -1.06. The predicted octanol–water partition coefficient (Wildman–Crippen LogP) is 3.16. The molecule has 0 bridgehead atoms. The van der Waals surface area contributed by atoms with Crippen LogP contribution in [0.2, 0.25) is 0 Å². The highest BCUT2D eigenvalue weighted by Gasteiger charge is 2.18. The Morgan fingerprint density at radius 1 is 1.16 bits per heavy atom. The minimum Gasteiger partial charge on any atom is -0.481 e. The molecular weight excluding hydrogens is 324 g/mol. The third-order valence-corrected chi connectivity index (χ3v) is 3.74. The van der Waals surface area contributed by atoms with Gasteiger partial charge in [-0.3, -0.25) is 4.79 Å². The van der Waals surface area contributed by atoms with Crippen LogP contribution in [0.25, 0.3) is 10.8 Å². The highest BCUT2D eigenvalue weighted by atomic mass is 16.5. The van der Waals surface area contributed by atoms with Crippen molar-refractivity contribution in [3.63, 3.8) is 0 Å². The van der Waals surface area contributed by atoms with Gasteiger partial charge in [-0.05, 0) is 26.0 Å². The number of aliphatic carboxylic acids is 1. The molecule has 0 spiro atoms. The first-order valence-electron chi connectivity index (χ1n) is 7.58. The monoisotopic (exact) mass is 340 g/mol. The quantitative estimate of drug-likeness (QED) is 0.740. The second-order valence-corrected chi connectivity index (χ2v) is 5.49. The lowest BCUT2D eigenvalue weighted by atomic mass is 10.1. The Kier molecular flexibility index (Phi) is 4.38. The standard InChI is InChI=1S/C18H16N2O5/c1-10-17(11(2)25-20-10)18(23)19-14-7-8-15(24-9-16(21)22)13-6-4-3-5-12(13)14/h3-8H,9H2,1-2H3,(H,19,23)(H,21,22). The number of benzene rings is 2. The summed E-state index contributed by atoms with van der Waals surface area (Å²) in [5.41, 5.74) is 1.50. The van der Waals surface area contributed by atoms with Crippen molar-refractivity contribution in [1.82, 2.24) is 5.16 Å². The number of hydrogen-bond acceptors (Lipinski definition) is 5. The molecule has 0 aliphatic carbocycles. The molecule has 0 aliphatic rings. The first-order chi connectivity index (χ1) is 12.0. The Morgan fingerprint density at radius 2 is 1.88 bits per heavy atom. The number of rotatable bonds is 5. The van der Waals surface area contributed by atoms with Crippen molar-refractivity contribution in [2.45, 2.75) is 13.8 Å². The van der Waals surface area contributed by atoms with E-state index >= 15 is 0 Å². The van der Waals surface area contributed by atoms with Crippen LogP contribution in [-0.4, -0.2) is 28.7 Å². The van der Waals surface area contributed by atoms with Crippen LogP contribution in [0.15, 0.2) is 40.9 Å². The summed E-state index contributed by atoms with van der Waals surface area (Å²) in [5, 5.41) is 16.9. The van der Waals surface area contributed by atoms with Crippen molar-refractivity contribution in [3.05, 3.63) is 53.4 Å². The number of carbonyl (C=O) groups excluding carboxylic acids is 1. The van der Waals surface area contributed by atoms with Crippen molar-refractivity contribution in [3.8, 4) is 5.75 Å². The zero-order valence-corrected chi connectivity index (χ0v) is 13.7. The van der Waals surface area contributed by atoms with E-state index in [2.05, 4.69) is 10.5 Å². The number of anilines is 1. The minimum absolute atomic E-state index is 0.319. The van der Waals surface area contributed by atoms with Gasteiger partial charge in [0.2, 0.25) is 0 Å². The molecule has 3 rings (SSSR count). The fraction of sp³-hybridized carbons (Fsp3) is 0.167. The highest BCUT2D eigenvalue weighted by Crippen LogP contribution is 2.32. The van der Waals surface area contributed by atoms with Crippen LogP contribution in [-0.2, 0) is 4.79 Å². The summed E-state index contributed by atoms with van der Waals surface area (Å²) in [5.74, 6) is -0.491. The van der Waals surface area contributed by atoms with Crippen LogP contribution in [0.3, 0.4) is 0 Å². The molecule has 7 nitrogen and oxygen atoms in total. The number of carboxylic acid groups (broad SMARTS) is 1. The molecule has 0 unspecified atom stereocenters. The number of hydrogen-bond donors (Lipinski definition) is 2. The number of aromatic nitrogens is 1. The molecule has 0 aliphatic heterocycles. The number of carboxylic acids is 1. The van der Waals surface area contributed by atoms with Gasteiger partial charge in [-0.1, -0.05) is 29.4 Å². The summed E-state index contributed by atoms with van der Waals surface area (Å²) in [6, 6.07) is 10.6. The molecule has 0 radical (unpaired) electrons. The molecule has 0 saturated heterocycles. The van der Waals surface area contributed by atoms with E-state index in [-0.39, 0.29) is 5.91 Å². The molecule has 2 aromatic carbocycles. The lowest BCUT2D eigenvalue weighted by molar-refractivity contribution is -0.139. The smallest absolute Gasteiger partial charge is 0.341 e. The van der Waals surface area contributed by atoms with Gasteiger partial charge >= 0.3 is 5.97 Å². The number of ether oxygens (including phenoxy) is 1. The SMILES string of the molecule is Cc1noc(C)c1C(=O)Nc1ccc(OCC(=O)O)c2ccccc12. The van der Waals surface area contributed by atoms with Crippen LogP contribution < -0.4 is 10.1 Å². The number of aryl methyl sites for hydroxylation is 2. The predicted molar refractivity (Wildman–Crippen MR) is 91.0 cm³/mol. The average molecular weight is 340 g/mol. The van der Waals surface area contributed by atoms with E-state index < -0.39 is 12.6 Å². The summed E-state index contributed by atoms with van der Waals surface area (Å²) in [7, 11) is 0. The van der Waals surface area contributed by atoms with Crippen LogP contribution in [0.1, 0.15) is 21.8 Å². The molecule has 1 aromatic heterocycles. The van der Waals surface area contributed by atoms with Gasteiger partial charge in [0.15, 0.2) is 6.61 Å². The lowest BCUT2D eigenvalue weighted by Crippen LogP contribution is -2.14. The first kappa shape index (κ1) is 16.5. The third-order valence-electron chi connectivity index (χ3n) is 3.74. The fourth-order valence-corrected chi connectivity index (χ4v) is 2.64. The van der Waals surface area contributed by atoms with Gasteiger partial charge in [-0.15, -0.1) is 0 Å². The van der Waals surface area contributed by atoms with Crippen LogP contribution in [0, 0.1) is 13.8 Å². The molecule has 2 N–H and O–H groups in total. The fourth-order valence-electron chi connectivity index (χ4n) is 2.64. The highest BCUT2D eigenvalue weighted by molar-refractivity contribution is 6.10. The molecule has 128 valence electrons. The molecule has 1 amide bonds. The van der Waals surface area contributed by atoms with Gasteiger partial charge in [0.1, 0.15) is 17.1 Å². The van der Waals surface area contributed by atoms with E-state index in [1.165, 1.54) is 0 Å². The summed E-state index contributed by atoms with van der Waals surface area (Å²) in [6.45, 7) is 2.94. The zero-order valence-electron chi connectivity index (χ0n) is 13.7. The second-order valence-electron chi connectivity index (χ2n) is 5.49. The maximum atomic E-state index is 12.5. The summed E-state index contributed by atoms with van der Waals surface area (Å²) in [4.78, 5) is 23.3. The normalized spacial score (nSPS) is 10.6. The number of nitrogens with zero attached hydrogens (tertiary/aromatic N) is 1. The van der Waals surface area contributed by atoms with Gasteiger partial charge in [-0.25, -0.2) is 4.79 Å². The Morgan fingerprint density at radius 3 is 2.52 bits per heavy atom. The average Bonchev–Trinajstić information content (AvgIpc) is 2.92. The molecule has 1 heterocycles. The third kappa shape index (κ3) is 3.30. The summed E-state index contributed by atoms with van der Waals surface area (Å²) >= 11 is 0. The first-order valence-corrected chi connectivity index (χ1v) is 7.58. The van der Waals surface area contributed by atoms with Crippen LogP contribution >= 0.6 is 0 Å². The molecular formula is C18H16N2O5.